The van der Waals surface area contributed by atoms with Gasteiger partial charge in [-0.25, -0.2) is 19.2 Å². The van der Waals surface area contributed by atoms with Crippen LogP contribution in [-0.4, -0.2) is 126 Å². The van der Waals surface area contributed by atoms with Crippen LogP contribution in [0.5, 0.6) is 0 Å². The van der Waals surface area contributed by atoms with Crippen LogP contribution in [0.25, 0.3) is 0 Å². The number of nitrogens with zero attached hydrogens (tertiary/aromatic N) is 4. The molecule has 3 aromatic rings. The second kappa shape index (κ2) is 22.9. The lowest BCUT2D eigenvalue weighted by Gasteiger charge is -2.39. The lowest BCUT2D eigenvalue weighted by molar-refractivity contribution is -0.384. The van der Waals surface area contributed by atoms with Crippen molar-refractivity contribution in [2.75, 3.05) is 52.5 Å². The molecule has 3 aliphatic heterocycles. The lowest BCUT2D eigenvalue weighted by atomic mass is 9.96. The summed E-state index contributed by atoms with van der Waals surface area (Å²) >= 11 is 0. The van der Waals surface area contributed by atoms with Gasteiger partial charge in [-0.05, 0) is 55.9 Å². The molecule has 3 saturated heterocycles. The molecule has 0 bridgehead atoms. The van der Waals surface area contributed by atoms with Crippen LogP contribution in [0.4, 0.5) is 24.9 Å². The number of nitrogens with one attached hydrogen (secondary N) is 3. The number of piperidine rings is 1. The zero-order valence-electron chi connectivity index (χ0n) is 37.1. The number of likely N-dealkylation sites (tertiary alicyclic amines) is 1. The third-order valence-electron chi connectivity index (χ3n) is 11.2. The molecule has 19 nitrogen and oxygen atoms in total. The number of alkyl carbamates (subject to hydrolysis) is 1. The van der Waals surface area contributed by atoms with Crippen molar-refractivity contribution < 1.29 is 52.6 Å². The van der Waals surface area contributed by atoms with E-state index in [-0.39, 0.29) is 63.0 Å². The van der Waals surface area contributed by atoms with Gasteiger partial charge in [-0.1, -0.05) is 66.7 Å². The van der Waals surface area contributed by atoms with Gasteiger partial charge in [0.15, 0.2) is 0 Å². The van der Waals surface area contributed by atoms with E-state index < -0.39 is 47.1 Å². The Labute approximate surface area is 378 Å². The van der Waals surface area contributed by atoms with Gasteiger partial charge in [0.05, 0.1) is 18.1 Å². The van der Waals surface area contributed by atoms with E-state index in [1.165, 1.54) is 12.1 Å². The third-order valence-corrected chi connectivity index (χ3v) is 11.2. The van der Waals surface area contributed by atoms with Gasteiger partial charge < -0.3 is 54.3 Å². The number of rotatable bonds is 14. The van der Waals surface area contributed by atoms with Crippen LogP contribution in [0.3, 0.4) is 0 Å². The number of piperazine rings is 1. The molecule has 0 saturated carbocycles. The van der Waals surface area contributed by atoms with Gasteiger partial charge in [-0.3, -0.25) is 14.9 Å². The summed E-state index contributed by atoms with van der Waals surface area (Å²) in [5, 5.41) is 19.5. The van der Waals surface area contributed by atoms with E-state index in [1.54, 1.807) is 47.6 Å². The molecule has 3 N–H and O–H groups in total. The summed E-state index contributed by atoms with van der Waals surface area (Å²) in [7, 11) is 0. The second-order valence-electron chi connectivity index (χ2n) is 17.2. The Kier molecular flexibility index (Phi) is 16.9. The maximum absolute atomic E-state index is 13.6. The monoisotopic (exact) mass is 901 g/mol. The van der Waals surface area contributed by atoms with E-state index in [1.807, 2.05) is 54.6 Å². The number of nitro benzene ring substituents is 1. The first kappa shape index (κ1) is 48.0. The van der Waals surface area contributed by atoms with Gasteiger partial charge in [0.25, 0.3) is 5.69 Å². The molecular formula is C46H59N7O12. The molecule has 6 amide bonds. The minimum atomic E-state index is -0.756. The van der Waals surface area contributed by atoms with Crippen molar-refractivity contribution in [3.05, 3.63) is 111 Å². The summed E-state index contributed by atoms with van der Waals surface area (Å²) < 4.78 is 29.5. The van der Waals surface area contributed by atoms with Gasteiger partial charge in [-0.15, -0.1) is 0 Å². The standard InChI is InChI=1S/C46H59N7O12/c1-46(2,3)65-43(56)49-29-33-11-9-32(10-12-33)28-48-42(55)50-22-24-52(25-23-50)45(58)64-38-19-26-61-39(40(38)62-30-35-7-5-4-6-8-35)31-63-44(57)51-20-17-36(18-21-51)41(54)47-27-34-13-15-37(16-14-34)53(59)60/h4-16,36,38-40H,17-31H2,1-3H3,(H,47,54)(H,48,55)(H,49,56)/t38-,39-,40+/m1/s1. The molecule has 65 heavy (non-hydrogen) atoms. The molecule has 3 heterocycles. The second-order valence-corrected chi connectivity index (χ2v) is 17.2. The van der Waals surface area contributed by atoms with E-state index in [9.17, 15) is 34.1 Å². The molecule has 0 radical (unpaired) electrons. The van der Waals surface area contributed by atoms with Crippen molar-refractivity contribution in [2.45, 2.75) is 90.2 Å². The molecule has 3 atom stereocenters. The van der Waals surface area contributed by atoms with Gasteiger partial charge in [-0.2, -0.15) is 0 Å². The molecule has 3 fully saturated rings. The average molecular weight is 902 g/mol. The van der Waals surface area contributed by atoms with Crippen molar-refractivity contribution in [3.63, 3.8) is 0 Å². The van der Waals surface area contributed by atoms with Crippen LogP contribution in [-0.2, 0) is 54.7 Å². The van der Waals surface area contributed by atoms with Crippen LogP contribution in [0.2, 0.25) is 0 Å². The topological polar surface area (TPSA) is 220 Å². The minimum Gasteiger partial charge on any atom is -0.447 e. The van der Waals surface area contributed by atoms with Crippen molar-refractivity contribution >= 4 is 35.9 Å². The zero-order valence-corrected chi connectivity index (χ0v) is 37.1. The number of hydrogen-bond donors (Lipinski definition) is 3. The lowest BCUT2D eigenvalue weighted by Crippen LogP contribution is -2.55. The fourth-order valence-corrected chi connectivity index (χ4v) is 7.57. The van der Waals surface area contributed by atoms with Crippen molar-refractivity contribution in [1.82, 2.24) is 30.7 Å². The summed E-state index contributed by atoms with van der Waals surface area (Å²) in [6, 6.07) is 22.8. The summed E-state index contributed by atoms with van der Waals surface area (Å²) in [4.78, 5) is 79.9. The van der Waals surface area contributed by atoms with Crippen molar-refractivity contribution in [1.29, 1.82) is 0 Å². The van der Waals surface area contributed by atoms with E-state index in [4.69, 9.17) is 23.7 Å². The maximum atomic E-state index is 13.6. The molecular weight excluding hydrogens is 843 g/mol. The fourth-order valence-electron chi connectivity index (χ4n) is 7.57. The van der Waals surface area contributed by atoms with E-state index in [0.29, 0.717) is 58.5 Å². The average Bonchev–Trinajstić information content (AvgIpc) is 3.31. The summed E-state index contributed by atoms with van der Waals surface area (Å²) in [6.45, 7) is 8.32. The predicted molar refractivity (Wildman–Crippen MR) is 235 cm³/mol. The van der Waals surface area contributed by atoms with Crippen LogP contribution < -0.4 is 16.0 Å². The van der Waals surface area contributed by atoms with Gasteiger partial charge in [0.1, 0.15) is 30.5 Å². The first-order valence-corrected chi connectivity index (χ1v) is 21.9. The van der Waals surface area contributed by atoms with E-state index >= 15 is 0 Å². The van der Waals surface area contributed by atoms with Gasteiger partial charge >= 0.3 is 24.3 Å². The Balaban J connectivity index is 0.938. The Morgan fingerprint density at radius 1 is 0.708 bits per heavy atom. The SMILES string of the molecule is CC(C)(C)OC(=O)NCc1ccc(CNC(=O)N2CCN(C(=O)O[C@@H]3CCO[C@H](COC(=O)N4CCC(C(=O)NCc5ccc([N+](=O)[O-])cc5)CC4)[C@H]3OCc3ccccc3)CC2)cc1. The van der Waals surface area contributed by atoms with E-state index in [0.717, 1.165) is 22.3 Å². The number of carbonyl (C=O) groups excluding carboxylic acids is 5. The normalized spacial score (nSPS) is 19.1. The highest BCUT2D eigenvalue weighted by Crippen LogP contribution is 2.25. The van der Waals surface area contributed by atoms with Crippen molar-refractivity contribution in [3.8, 4) is 0 Å². The predicted octanol–water partition coefficient (Wildman–Crippen LogP) is 5.49. The summed E-state index contributed by atoms with van der Waals surface area (Å²) in [5.74, 6) is -0.454. The Hall–Kier alpha value is -6.47. The Bertz CT molecular complexity index is 2070. The highest BCUT2D eigenvalue weighted by Gasteiger charge is 2.40. The number of amides is 6. The number of carbonyl (C=O) groups is 5. The largest absolute Gasteiger partial charge is 0.447 e. The van der Waals surface area contributed by atoms with Crippen LogP contribution >= 0.6 is 0 Å². The summed E-state index contributed by atoms with van der Waals surface area (Å²) in [5.41, 5.74) is 2.80. The molecule has 0 unspecified atom stereocenters. The van der Waals surface area contributed by atoms with Crippen LogP contribution in [0.1, 0.15) is 62.3 Å². The number of nitro groups is 1. The van der Waals surface area contributed by atoms with Crippen molar-refractivity contribution in [2.24, 2.45) is 5.92 Å². The molecule has 3 aromatic carbocycles. The molecule has 0 spiro atoms. The minimum absolute atomic E-state index is 0.0234. The third kappa shape index (κ3) is 14.8. The highest BCUT2D eigenvalue weighted by atomic mass is 16.6. The maximum Gasteiger partial charge on any atom is 0.410 e. The number of benzene rings is 3. The molecule has 19 heteroatoms. The molecule has 0 aromatic heterocycles. The van der Waals surface area contributed by atoms with Crippen LogP contribution in [0, 0.1) is 16.0 Å². The molecule has 3 aliphatic rings. The molecule has 0 aliphatic carbocycles. The first-order chi connectivity index (χ1) is 31.2. The Morgan fingerprint density at radius 3 is 1.89 bits per heavy atom. The number of ether oxygens (including phenoxy) is 5. The Morgan fingerprint density at radius 2 is 1.28 bits per heavy atom. The number of hydrogen-bond acceptors (Lipinski definition) is 12. The number of urea groups is 1. The van der Waals surface area contributed by atoms with E-state index in [2.05, 4.69) is 16.0 Å². The first-order valence-electron chi connectivity index (χ1n) is 21.9. The highest BCUT2D eigenvalue weighted by molar-refractivity contribution is 5.79. The van der Waals surface area contributed by atoms with Gasteiger partial charge in [0.2, 0.25) is 5.91 Å². The quantitative estimate of drug-likeness (QED) is 0.104. The molecule has 6 rings (SSSR count). The smallest absolute Gasteiger partial charge is 0.410 e. The zero-order chi connectivity index (χ0) is 46.3. The fraction of sp³-hybridized carbons (Fsp3) is 0.500. The van der Waals surface area contributed by atoms with Gasteiger partial charge in [0, 0.05) is 83.4 Å². The molecule has 350 valence electrons. The van der Waals surface area contributed by atoms with Crippen LogP contribution in [0.15, 0.2) is 78.9 Å². The number of non-ortho nitro benzene ring substituents is 1. The summed E-state index contributed by atoms with van der Waals surface area (Å²) in [6.07, 6.45) is -2.54.